The van der Waals surface area contributed by atoms with Crippen molar-refractivity contribution in [3.8, 4) is 0 Å². The first kappa shape index (κ1) is 13.9. The molecule has 0 amide bonds. The Labute approximate surface area is 99.4 Å². The van der Waals surface area contributed by atoms with Crippen LogP contribution in [0.4, 0.5) is 0 Å². The fraction of sp³-hybridized carbons (Fsp3) is 1.00. The van der Waals surface area contributed by atoms with Gasteiger partial charge in [-0.1, -0.05) is 6.92 Å². The second-order valence-corrected chi connectivity index (χ2v) is 5.02. The van der Waals surface area contributed by atoms with Gasteiger partial charge < -0.3 is 15.7 Å². The third-order valence-corrected chi connectivity index (χ3v) is 3.68. The second-order valence-electron chi connectivity index (χ2n) is 5.02. The van der Waals surface area contributed by atoms with E-state index in [-0.39, 0.29) is 18.7 Å². The van der Waals surface area contributed by atoms with Crippen molar-refractivity contribution < 1.29 is 5.11 Å². The summed E-state index contributed by atoms with van der Waals surface area (Å²) < 4.78 is 0. The van der Waals surface area contributed by atoms with Crippen LogP contribution in [0, 0.1) is 0 Å². The minimum atomic E-state index is 0.0795. The van der Waals surface area contributed by atoms with Crippen LogP contribution in [0.25, 0.3) is 0 Å². The normalized spacial score (nSPS) is 28.7. The number of rotatable bonds is 4. The van der Waals surface area contributed by atoms with Gasteiger partial charge in [-0.2, -0.15) is 0 Å². The lowest BCUT2D eigenvalue weighted by molar-refractivity contribution is 0.0732. The summed E-state index contributed by atoms with van der Waals surface area (Å²) in [5.41, 5.74) is 6.09. The first-order valence-electron chi connectivity index (χ1n) is 6.40. The van der Waals surface area contributed by atoms with Crippen molar-refractivity contribution in [1.82, 2.24) is 9.80 Å². The molecular formula is C12H27N3O. The molecule has 1 aliphatic rings. The Morgan fingerprint density at radius 1 is 1.44 bits per heavy atom. The van der Waals surface area contributed by atoms with Crippen molar-refractivity contribution >= 4 is 0 Å². The number of nitrogens with two attached hydrogens (primary N) is 1. The van der Waals surface area contributed by atoms with E-state index in [1.165, 1.54) is 0 Å². The van der Waals surface area contributed by atoms with E-state index in [0.29, 0.717) is 6.04 Å². The van der Waals surface area contributed by atoms with Crippen molar-refractivity contribution in [2.45, 2.75) is 44.8 Å². The number of hydrogen-bond donors (Lipinski definition) is 2. The van der Waals surface area contributed by atoms with Gasteiger partial charge in [-0.05, 0) is 33.4 Å². The standard InChI is InChI=1S/C12H27N3O/c1-4-11(13)12(9-16)15-7-5-6-14(3)8-10(15)2/h10-12,16H,4-9,13H2,1-3H3. The highest BCUT2D eigenvalue weighted by Crippen LogP contribution is 2.15. The molecule has 0 spiro atoms. The Bertz CT molecular complexity index is 201. The van der Waals surface area contributed by atoms with E-state index in [1.54, 1.807) is 0 Å². The van der Waals surface area contributed by atoms with Gasteiger partial charge in [-0.15, -0.1) is 0 Å². The van der Waals surface area contributed by atoms with Crippen molar-refractivity contribution in [2.75, 3.05) is 33.3 Å². The van der Waals surface area contributed by atoms with Gasteiger partial charge in [0.15, 0.2) is 0 Å². The SMILES string of the molecule is CCC(N)C(CO)N1CCCN(C)CC1C. The lowest BCUT2D eigenvalue weighted by Gasteiger charge is -2.37. The minimum absolute atomic E-state index is 0.0795. The maximum absolute atomic E-state index is 9.52. The van der Waals surface area contributed by atoms with E-state index < -0.39 is 0 Å². The zero-order chi connectivity index (χ0) is 12.1. The van der Waals surface area contributed by atoms with Crippen LogP contribution in [0.1, 0.15) is 26.7 Å². The Balaban J connectivity index is 2.67. The summed E-state index contributed by atoms with van der Waals surface area (Å²) in [4.78, 5) is 4.74. The second kappa shape index (κ2) is 6.55. The molecule has 1 aliphatic heterocycles. The van der Waals surface area contributed by atoms with Gasteiger partial charge in [0.2, 0.25) is 0 Å². The number of nitrogens with zero attached hydrogens (tertiary/aromatic N) is 2. The van der Waals surface area contributed by atoms with Gasteiger partial charge in [-0.25, -0.2) is 0 Å². The van der Waals surface area contributed by atoms with Crippen LogP contribution in [0.3, 0.4) is 0 Å². The molecule has 1 heterocycles. The number of aliphatic hydroxyl groups excluding tert-OH is 1. The summed E-state index contributed by atoms with van der Waals surface area (Å²) in [7, 11) is 2.16. The van der Waals surface area contributed by atoms with Gasteiger partial charge in [-0.3, -0.25) is 4.90 Å². The maximum atomic E-state index is 9.52. The molecule has 0 aromatic heterocycles. The largest absolute Gasteiger partial charge is 0.395 e. The van der Waals surface area contributed by atoms with Gasteiger partial charge in [0, 0.05) is 31.2 Å². The number of hydrogen-bond acceptors (Lipinski definition) is 4. The molecule has 16 heavy (non-hydrogen) atoms. The van der Waals surface area contributed by atoms with E-state index >= 15 is 0 Å². The summed E-state index contributed by atoms with van der Waals surface area (Å²) in [5.74, 6) is 0. The summed E-state index contributed by atoms with van der Waals surface area (Å²) in [6.07, 6.45) is 2.08. The van der Waals surface area contributed by atoms with Gasteiger partial charge in [0.05, 0.1) is 6.61 Å². The first-order chi connectivity index (χ1) is 7.60. The molecule has 3 N–H and O–H groups in total. The Morgan fingerprint density at radius 3 is 2.69 bits per heavy atom. The summed E-state index contributed by atoms with van der Waals surface area (Å²) in [5, 5.41) is 9.52. The molecule has 1 rings (SSSR count). The monoisotopic (exact) mass is 229 g/mol. The molecule has 0 aromatic carbocycles. The van der Waals surface area contributed by atoms with Crippen LogP contribution in [0.5, 0.6) is 0 Å². The van der Waals surface area contributed by atoms with E-state index in [4.69, 9.17) is 5.73 Å². The molecular weight excluding hydrogens is 202 g/mol. The van der Waals surface area contributed by atoms with E-state index in [9.17, 15) is 5.11 Å². The van der Waals surface area contributed by atoms with Crippen molar-refractivity contribution in [3.05, 3.63) is 0 Å². The van der Waals surface area contributed by atoms with Crippen LogP contribution in [-0.2, 0) is 0 Å². The Kier molecular flexibility index (Phi) is 5.69. The molecule has 0 radical (unpaired) electrons. The van der Waals surface area contributed by atoms with E-state index in [2.05, 4.69) is 30.7 Å². The molecule has 3 unspecified atom stereocenters. The highest BCUT2D eigenvalue weighted by atomic mass is 16.3. The van der Waals surface area contributed by atoms with Crippen LogP contribution in [0.2, 0.25) is 0 Å². The third-order valence-electron chi connectivity index (χ3n) is 3.68. The smallest absolute Gasteiger partial charge is 0.0602 e. The van der Waals surface area contributed by atoms with Gasteiger partial charge >= 0.3 is 0 Å². The fourth-order valence-corrected chi connectivity index (χ4v) is 2.64. The van der Waals surface area contributed by atoms with E-state index in [1.807, 2.05) is 0 Å². The maximum Gasteiger partial charge on any atom is 0.0602 e. The highest BCUT2D eigenvalue weighted by Gasteiger charge is 2.29. The van der Waals surface area contributed by atoms with Gasteiger partial charge in [0.25, 0.3) is 0 Å². The van der Waals surface area contributed by atoms with Crippen LogP contribution in [-0.4, -0.2) is 66.3 Å². The summed E-state index contributed by atoms with van der Waals surface area (Å²) >= 11 is 0. The van der Waals surface area contributed by atoms with E-state index in [0.717, 1.165) is 32.5 Å². The lowest BCUT2D eigenvalue weighted by atomic mass is 10.0. The van der Waals surface area contributed by atoms with Crippen LogP contribution >= 0.6 is 0 Å². The average molecular weight is 229 g/mol. The molecule has 4 nitrogen and oxygen atoms in total. The number of aliphatic hydroxyl groups is 1. The molecule has 1 saturated heterocycles. The Morgan fingerprint density at radius 2 is 2.12 bits per heavy atom. The molecule has 0 bridgehead atoms. The fourth-order valence-electron chi connectivity index (χ4n) is 2.64. The molecule has 1 fully saturated rings. The van der Waals surface area contributed by atoms with Crippen LogP contribution < -0.4 is 5.73 Å². The molecule has 3 atom stereocenters. The number of likely N-dealkylation sites (N-methyl/N-ethyl adjacent to an activating group) is 1. The van der Waals surface area contributed by atoms with Crippen molar-refractivity contribution in [2.24, 2.45) is 5.73 Å². The Hall–Kier alpha value is -0.160. The zero-order valence-corrected chi connectivity index (χ0v) is 10.9. The predicted octanol–water partition coefficient (Wildman–Crippen LogP) is 0.111. The average Bonchev–Trinajstić information content (AvgIpc) is 2.41. The van der Waals surface area contributed by atoms with Gasteiger partial charge in [0.1, 0.15) is 0 Å². The first-order valence-corrected chi connectivity index (χ1v) is 6.40. The lowest BCUT2D eigenvalue weighted by Crippen LogP contribution is -2.54. The molecule has 0 saturated carbocycles. The zero-order valence-electron chi connectivity index (χ0n) is 10.9. The minimum Gasteiger partial charge on any atom is -0.395 e. The summed E-state index contributed by atoms with van der Waals surface area (Å²) in [6.45, 7) is 7.73. The molecule has 0 aliphatic carbocycles. The topological polar surface area (TPSA) is 52.7 Å². The molecule has 96 valence electrons. The molecule has 0 aromatic rings. The van der Waals surface area contributed by atoms with Crippen molar-refractivity contribution in [1.29, 1.82) is 0 Å². The predicted molar refractivity (Wildman–Crippen MR) is 67.4 cm³/mol. The molecule has 4 heteroatoms. The van der Waals surface area contributed by atoms with Crippen LogP contribution in [0.15, 0.2) is 0 Å². The highest BCUT2D eigenvalue weighted by molar-refractivity contribution is 4.86. The quantitative estimate of drug-likeness (QED) is 0.718. The summed E-state index contributed by atoms with van der Waals surface area (Å²) in [6, 6.07) is 0.671. The van der Waals surface area contributed by atoms with Crippen molar-refractivity contribution in [3.63, 3.8) is 0 Å². The third kappa shape index (κ3) is 3.42.